The number of ether oxygens (including phenoxy) is 2. The van der Waals surface area contributed by atoms with Gasteiger partial charge in [0.15, 0.2) is 6.29 Å². The van der Waals surface area contributed by atoms with Crippen molar-refractivity contribution in [3.05, 3.63) is 64.5 Å². The van der Waals surface area contributed by atoms with Gasteiger partial charge in [0, 0.05) is 23.1 Å². The second-order valence-corrected chi connectivity index (χ2v) is 13.9. The molecule has 8 nitrogen and oxygen atoms in total. The summed E-state index contributed by atoms with van der Waals surface area (Å²) in [7, 11) is 0.692. The molecule has 42 heavy (non-hydrogen) atoms. The number of fused-ring (bicyclic) bond motifs is 2. The molecular formula is C31H39BN2O6S2. The number of aldehydes is 1. The Morgan fingerprint density at radius 2 is 1.93 bits per heavy atom. The molecule has 0 atom stereocenters. The van der Waals surface area contributed by atoms with Gasteiger partial charge < -0.3 is 29.7 Å². The van der Waals surface area contributed by atoms with Gasteiger partial charge in [0.05, 0.1) is 15.7 Å². The van der Waals surface area contributed by atoms with E-state index in [2.05, 4.69) is 23.3 Å². The van der Waals surface area contributed by atoms with E-state index < -0.39 is 12.7 Å². The number of likely N-dealkylation sites (tertiary alicyclic amines) is 1. The van der Waals surface area contributed by atoms with E-state index in [1.54, 1.807) is 30.0 Å². The first-order valence-electron chi connectivity index (χ1n) is 13.9. The van der Waals surface area contributed by atoms with Gasteiger partial charge in [-0.2, -0.15) is 0 Å². The Labute approximate surface area is 256 Å². The molecule has 3 aromatic rings. The molecule has 3 N–H and O–H groups in total. The Morgan fingerprint density at radius 1 is 1.19 bits per heavy atom. The van der Waals surface area contributed by atoms with Gasteiger partial charge >= 0.3 is 13.2 Å². The largest absolute Gasteiger partial charge is 0.492 e. The van der Waals surface area contributed by atoms with Gasteiger partial charge in [-0.25, -0.2) is 4.79 Å². The van der Waals surface area contributed by atoms with Crippen molar-refractivity contribution in [2.45, 2.75) is 55.4 Å². The summed E-state index contributed by atoms with van der Waals surface area (Å²) in [5.74, 6) is 1.00. The molecule has 2 aromatic carbocycles. The number of thioether (sulfide) groups is 1. The molecule has 1 saturated heterocycles. The minimum atomic E-state index is -1.48. The highest BCUT2D eigenvalue weighted by atomic mass is 32.2. The number of hydrogen-bond donors (Lipinski definition) is 3. The average molecular weight is 611 g/mol. The number of thiophene rings is 1. The Kier molecular flexibility index (Phi) is 10.4. The molecule has 11 heteroatoms. The van der Waals surface area contributed by atoms with Crippen LogP contribution in [0.15, 0.2) is 52.7 Å². The second kappa shape index (κ2) is 13.6. The van der Waals surface area contributed by atoms with Gasteiger partial charge in [-0.1, -0.05) is 30.3 Å². The summed E-state index contributed by atoms with van der Waals surface area (Å²) in [5, 5.41) is 21.2. The van der Waals surface area contributed by atoms with Crippen LogP contribution in [0.3, 0.4) is 0 Å². The summed E-state index contributed by atoms with van der Waals surface area (Å²) in [4.78, 5) is 25.7. The Bertz CT molecular complexity index is 1400. The minimum absolute atomic E-state index is 0.143. The third-order valence-electron chi connectivity index (χ3n) is 7.41. The minimum Gasteiger partial charge on any atom is -0.492 e. The second-order valence-electron chi connectivity index (χ2n) is 11.7. The fourth-order valence-corrected chi connectivity index (χ4v) is 6.88. The molecule has 0 bridgehead atoms. The monoisotopic (exact) mass is 610 g/mol. The first-order chi connectivity index (χ1) is 19.9. The zero-order valence-corrected chi connectivity index (χ0v) is 26.4. The van der Waals surface area contributed by atoms with Crippen LogP contribution in [0.25, 0.3) is 11.1 Å². The lowest BCUT2D eigenvalue weighted by Crippen LogP contribution is -2.41. The van der Waals surface area contributed by atoms with Crippen LogP contribution >= 0.6 is 23.1 Å². The Hall–Kier alpha value is -2.83. The zero-order chi connectivity index (χ0) is 30.5. The molecular weight excluding hydrogens is 571 g/mol. The molecule has 5 rings (SSSR count). The van der Waals surface area contributed by atoms with Gasteiger partial charge in [0.2, 0.25) is 0 Å². The number of carbonyl (C=O) groups is 2. The maximum Gasteiger partial charge on any atom is 0.488 e. The molecule has 1 spiro atoms. The molecule has 224 valence electrons. The van der Waals surface area contributed by atoms with Crippen LogP contribution in [-0.2, 0) is 16.7 Å². The van der Waals surface area contributed by atoms with Crippen LogP contribution in [0.4, 0.5) is 4.79 Å². The standard InChI is InChI=1S/C19H28N2O3.C12H11BO3S2/c1-18(2,3)24-17(22)20-12-14-5-6-16-15(11-14)19(13-23-16)7-9-21(4)10-8-19;1-17-12-11(6-10(7-14)18-12)8-3-2-4-9(5-8)13(15)16/h5-6,11H,7-10,12-13H2,1-4H3,(H,20,22);2-7,15-16H,1H3. The van der Waals surface area contributed by atoms with E-state index in [4.69, 9.17) is 19.5 Å². The summed E-state index contributed by atoms with van der Waals surface area (Å²) >= 11 is 3.01. The highest BCUT2D eigenvalue weighted by molar-refractivity contribution is 8.00. The molecule has 0 aliphatic carbocycles. The van der Waals surface area contributed by atoms with Crippen molar-refractivity contribution in [2.24, 2.45) is 0 Å². The van der Waals surface area contributed by atoms with Crippen LogP contribution in [-0.4, -0.2) is 73.0 Å². The molecule has 2 aliphatic rings. The van der Waals surface area contributed by atoms with Crippen molar-refractivity contribution in [3.63, 3.8) is 0 Å². The maximum atomic E-state index is 11.8. The summed E-state index contributed by atoms with van der Waals surface area (Å²) in [6, 6.07) is 15.1. The molecule has 0 unspecified atom stereocenters. The van der Waals surface area contributed by atoms with Crippen LogP contribution in [0.5, 0.6) is 5.75 Å². The van der Waals surface area contributed by atoms with Crippen molar-refractivity contribution in [1.82, 2.24) is 10.2 Å². The number of nitrogens with one attached hydrogen (secondary N) is 1. The molecule has 3 heterocycles. The molecule has 0 radical (unpaired) electrons. The summed E-state index contributed by atoms with van der Waals surface area (Å²) in [6.07, 6.45) is 4.65. The van der Waals surface area contributed by atoms with Crippen LogP contribution in [0.2, 0.25) is 0 Å². The Balaban J connectivity index is 0.000000201. The van der Waals surface area contributed by atoms with Crippen molar-refractivity contribution in [3.8, 4) is 16.9 Å². The first-order valence-corrected chi connectivity index (χ1v) is 16.0. The fraction of sp³-hybridized carbons (Fsp3) is 0.419. The molecule has 2 aliphatic heterocycles. The quantitative estimate of drug-likeness (QED) is 0.210. The van der Waals surface area contributed by atoms with E-state index >= 15 is 0 Å². The summed E-state index contributed by atoms with van der Waals surface area (Å²) in [5.41, 5.74) is 4.34. The van der Waals surface area contributed by atoms with Gasteiger partial charge in [-0.3, -0.25) is 4.79 Å². The highest BCUT2D eigenvalue weighted by Gasteiger charge is 2.42. The first kappa shape index (κ1) is 32.1. The zero-order valence-electron chi connectivity index (χ0n) is 24.8. The van der Waals surface area contributed by atoms with Crippen molar-refractivity contribution >= 4 is 48.1 Å². The van der Waals surface area contributed by atoms with E-state index in [-0.39, 0.29) is 11.5 Å². The number of nitrogens with zero attached hydrogens (tertiary/aromatic N) is 1. The Morgan fingerprint density at radius 3 is 2.57 bits per heavy atom. The van der Waals surface area contributed by atoms with E-state index in [0.717, 1.165) is 65.5 Å². The summed E-state index contributed by atoms with van der Waals surface area (Å²) in [6.45, 7) is 9.04. The number of carbonyl (C=O) groups excluding carboxylic acids is 2. The van der Waals surface area contributed by atoms with Crippen LogP contribution in [0, 0.1) is 0 Å². The van der Waals surface area contributed by atoms with Crippen molar-refractivity contribution in [2.75, 3.05) is 33.0 Å². The topological polar surface area (TPSA) is 108 Å². The van der Waals surface area contributed by atoms with Gasteiger partial charge in [0.1, 0.15) is 11.4 Å². The molecule has 1 amide bonds. The molecule has 1 fully saturated rings. The number of benzene rings is 2. The highest BCUT2D eigenvalue weighted by Crippen LogP contribution is 2.45. The van der Waals surface area contributed by atoms with E-state index in [1.165, 1.54) is 16.9 Å². The van der Waals surface area contributed by atoms with Crippen LogP contribution < -0.4 is 15.5 Å². The number of amides is 1. The van der Waals surface area contributed by atoms with E-state index in [1.807, 2.05) is 51.3 Å². The van der Waals surface area contributed by atoms with Crippen LogP contribution in [0.1, 0.15) is 54.4 Å². The number of piperidine rings is 1. The molecule has 0 saturated carbocycles. The summed E-state index contributed by atoms with van der Waals surface area (Å²) < 4.78 is 12.3. The normalized spacial score (nSPS) is 15.7. The SMILES string of the molecule is CN1CCC2(CC1)COc1ccc(CNC(=O)OC(C)(C)C)cc12.CSc1sc(C=O)cc1-c1cccc(B(O)O)c1. The predicted octanol–water partition coefficient (Wildman–Crippen LogP) is 4.70. The lowest BCUT2D eigenvalue weighted by molar-refractivity contribution is 0.0523. The molecule has 1 aromatic heterocycles. The van der Waals surface area contributed by atoms with Crippen molar-refractivity contribution < 1.29 is 29.1 Å². The number of rotatable bonds is 6. The maximum absolute atomic E-state index is 11.8. The van der Waals surface area contributed by atoms with Gasteiger partial charge in [0.25, 0.3) is 0 Å². The lowest BCUT2D eigenvalue weighted by Gasteiger charge is -2.36. The van der Waals surface area contributed by atoms with E-state index in [9.17, 15) is 9.59 Å². The lowest BCUT2D eigenvalue weighted by atomic mass is 9.74. The smallest absolute Gasteiger partial charge is 0.488 e. The fourth-order valence-electron chi connectivity index (χ4n) is 5.14. The van der Waals surface area contributed by atoms with Crippen molar-refractivity contribution in [1.29, 1.82) is 0 Å². The van der Waals surface area contributed by atoms with Gasteiger partial charge in [-0.05, 0) is 94.8 Å². The average Bonchev–Trinajstić information content (AvgIpc) is 3.54. The predicted molar refractivity (Wildman–Crippen MR) is 170 cm³/mol. The number of alkyl carbamates (subject to hydrolysis) is 1. The van der Waals surface area contributed by atoms with Gasteiger partial charge in [-0.15, -0.1) is 23.1 Å². The number of hydrogen-bond acceptors (Lipinski definition) is 9. The third-order valence-corrected chi connectivity index (χ3v) is 9.61. The third kappa shape index (κ3) is 7.96. The van der Waals surface area contributed by atoms with E-state index in [0.29, 0.717) is 16.9 Å².